The first kappa shape index (κ1) is 16.4. The van der Waals surface area contributed by atoms with Crippen LogP contribution in [0.4, 0.5) is 0 Å². The average Bonchev–Trinajstić information content (AvgIpc) is 2.75. The van der Waals surface area contributed by atoms with Gasteiger partial charge in [-0.3, -0.25) is 4.79 Å². The molecular formula is C14H29N3O2. The van der Waals surface area contributed by atoms with Crippen LogP contribution in [0, 0.1) is 0 Å². The van der Waals surface area contributed by atoms with E-state index in [1.165, 1.54) is 0 Å². The van der Waals surface area contributed by atoms with E-state index in [0.717, 1.165) is 38.9 Å². The van der Waals surface area contributed by atoms with Gasteiger partial charge in [0.2, 0.25) is 5.91 Å². The van der Waals surface area contributed by atoms with E-state index in [1.54, 1.807) is 7.11 Å². The predicted molar refractivity (Wildman–Crippen MR) is 77.0 cm³/mol. The van der Waals surface area contributed by atoms with Crippen LogP contribution in [0.2, 0.25) is 0 Å². The second kappa shape index (κ2) is 7.22. The number of nitrogens with one attached hydrogen (secondary N) is 1. The molecule has 1 aliphatic rings. The number of hydrogen-bond acceptors (Lipinski definition) is 4. The minimum atomic E-state index is -0.603. The van der Waals surface area contributed by atoms with Crippen molar-refractivity contribution in [1.29, 1.82) is 0 Å². The molecule has 2 unspecified atom stereocenters. The van der Waals surface area contributed by atoms with E-state index in [-0.39, 0.29) is 11.9 Å². The standard InChI is InChI=1S/C14H29N3O2/c1-11(2)16-14(3,13(15)18)7-5-8-17-9-6-12(10-17)19-4/h11-12,16H,5-10H2,1-4H3,(H2,15,18). The Morgan fingerprint density at radius 1 is 1.58 bits per heavy atom. The van der Waals surface area contributed by atoms with Crippen LogP contribution >= 0.6 is 0 Å². The third-order valence-corrected chi connectivity index (χ3v) is 3.86. The van der Waals surface area contributed by atoms with E-state index in [0.29, 0.717) is 6.10 Å². The molecule has 0 aliphatic carbocycles. The van der Waals surface area contributed by atoms with Crippen molar-refractivity contribution in [3.63, 3.8) is 0 Å². The molecule has 0 bridgehead atoms. The number of likely N-dealkylation sites (tertiary alicyclic amines) is 1. The lowest BCUT2D eigenvalue weighted by Gasteiger charge is -2.30. The van der Waals surface area contributed by atoms with Crippen molar-refractivity contribution >= 4 is 5.91 Å². The predicted octanol–water partition coefficient (Wildman–Crippen LogP) is 0.729. The zero-order valence-corrected chi connectivity index (χ0v) is 12.7. The van der Waals surface area contributed by atoms with Gasteiger partial charge in [0, 0.05) is 26.2 Å². The normalized spacial score (nSPS) is 23.7. The van der Waals surface area contributed by atoms with Crippen LogP contribution in [0.15, 0.2) is 0 Å². The van der Waals surface area contributed by atoms with Gasteiger partial charge < -0.3 is 20.7 Å². The summed E-state index contributed by atoms with van der Waals surface area (Å²) in [7, 11) is 1.77. The summed E-state index contributed by atoms with van der Waals surface area (Å²) in [5, 5.41) is 3.28. The fourth-order valence-electron chi connectivity index (χ4n) is 2.75. The van der Waals surface area contributed by atoms with Crippen molar-refractivity contribution in [2.24, 2.45) is 5.73 Å². The molecule has 3 N–H and O–H groups in total. The Bertz CT molecular complexity index is 296. The van der Waals surface area contributed by atoms with Crippen LogP contribution < -0.4 is 11.1 Å². The Morgan fingerprint density at radius 2 is 2.26 bits per heavy atom. The number of amides is 1. The number of carbonyl (C=O) groups excluding carboxylic acids is 1. The summed E-state index contributed by atoms with van der Waals surface area (Å²) < 4.78 is 5.35. The third-order valence-electron chi connectivity index (χ3n) is 3.86. The number of methoxy groups -OCH3 is 1. The molecule has 112 valence electrons. The van der Waals surface area contributed by atoms with E-state index >= 15 is 0 Å². The van der Waals surface area contributed by atoms with Gasteiger partial charge >= 0.3 is 0 Å². The van der Waals surface area contributed by atoms with Gasteiger partial charge in [-0.05, 0) is 46.6 Å². The smallest absolute Gasteiger partial charge is 0.237 e. The van der Waals surface area contributed by atoms with E-state index in [9.17, 15) is 4.79 Å². The van der Waals surface area contributed by atoms with Gasteiger partial charge in [-0.2, -0.15) is 0 Å². The molecule has 0 spiro atoms. The van der Waals surface area contributed by atoms with Crippen LogP contribution in [0.5, 0.6) is 0 Å². The van der Waals surface area contributed by atoms with Gasteiger partial charge in [-0.25, -0.2) is 0 Å². The first-order valence-electron chi connectivity index (χ1n) is 7.20. The lowest BCUT2D eigenvalue weighted by molar-refractivity contribution is -0.124. The quantitative estimate of drug-likeness (QED) is 0.683. The largest absolute Gasteiger partial charge is 0.380 e. The van der Waals surface area contributed by atoms with Gasteiger partial charge in [0.05, 0.1) is 11.6 Å². The van der Waals surface area contributed by atoms with Gasteiger partial charge in [0.1, 0.15) is 0 Å². The lowest BCUT2D eigenvalue weighted by Crippen LogP contribution is -2.55. The molecule has 1 rings (SSSR count). The number of hydrogen-bond donors (Lipinski definition) is 2. The van der Waals surface area contributed by atoms with Crippen LogP contribution in [0.25, 0.3) is 0 Å². The van der Waals surface area contributed by atoms with Crippen LogP contribution in [-0.4, -0.2) is 55.2 Å². The Hall–Kier alpha value is -0.650. The molecule has 1 amide bonds. The molecule has 19 heavy (non-hydrogen) atoms. The average molecular weight is 271 g/mol. The number of carbonyl (C=O) groups is 1. The SMILES string of the molecule is COC1CCN(CCCC(C)(NC(C)C)C(N)=O)C1. The highest BCUT2D eigenvalue weighted by atomic mass is 16.5. The van der Waals surface area contributed by atoms with E-state index in [2.05, 4.69) is 10.2 Å². The van der Waals surface area contributed by atoms with Crippen LogP contribution in [0.3, 0.4) is 0 Å². The summed E-state index contributed by atoms with van der Waals surface area (Å²) in [5.41, 5.74) is 4.92. The summed E-state index contributed by atoms with van der Waals surface area (Å²) in [6.45, 7) is 9.06. The van der Waals surface area contributed by atoms with Crippen molar-refractivity contribution < 1.29 is 9.53 Å². The van der Waals surface area contributed by atoms with Crippen LogP contribution in [-0.2, 0) is 9.53 Å². The zero-order chi connectivity index (χ0) is 14.5. The maximum absolute atomic E-state index is 11.6. The molecular weight excluding hydrogens is 242 g/mol. The highest BCUT2D eigenvalue weighted by molar-refractivity contribution is 5.84. The van der Waals surface area contributed by atoms with Gasteiger partial charge in [0.25, 0.3) is 0 Å². The first-order valence-corrected chi connectivity index (χ1v) is 7.20. The highest BCUT2D eigenvalue weighted by Gasteiger charge is 2.31. The molecule has 5 heteroatoms. The summed E-state index contributed by atoms with van der Waals surface area (Å²) in [4.78, 5) is 14.0. The fraction of sp³-hybridized carbons (Fsp3) is 0.929. The number of ether oxygens (including phenoxy) is 1. The molecule has 2 atom stereocenters. The van der Waals surface area contributed by atoms with E-state index in [4.69, 9.17) is 10.5 Å². The minimum absolute atomic E-state index is 0.252. The second-order valence-electron chi connectivity index (χ2n) is 6.05. The van der Waals surface area contributed by atoms with Gasteiger partial charge in [-0.1, -0.05) is 0 Å². The molecule has 0 saturated carbocycles. The summed E-state index contributed by atoms with van der Waals surface area (Å²) >= 11 is 0. The summed E-state index contributed by atoms with van der Waals surface area (Å²) in [5.74, 6) is -0.266. The molecule has 0 aromatic heterocycles. The van der Waals surface area contributed by atoms with Crippen molar-refractivity contribution in [1.82, 2.24) is 10.2 Å². The Labute approximate surface area is 116 Å². The fourth-order valence-corrected chi connectivity index (χ4v) is 2.75. The van der Waals surface area contributed by atoms with Crippen molar-refractivity contribution in [2.75, 3.05) is 26.7 Å². The molecule has 1 aliphatic heterocycles. The third kappa shape index (κ3) is 5.09. The number of primary amides is 1. The molecule has 5 nitrogen and oxygen atoms in total. The molecule has 1 saturated heterocycles. The monoisotopic (exact) mass is 271 g/mol. The topological polar surface area (TPSA) is 67.6 Å². The Balaban J connectivity index is 2.35. The van der Waals surface area contributed by atoms with E-state index in [1.807, 2.05) is 20.8 Å². The summed E-state index contributed by atoms with van der Waals surface area (Å²) in [6, 6.07) is 0.252. The Kier molecular flexibility index (Phi) is 6.23. The molecule has 0 aromatic carbocycles. The summed E-state index contributed by atoms with van der Waals surface area (Å²) in [6.07, 6.45) is 3.22. The lowest BCUT2D eigenvalue weighted by atomic mass is 9.94. The van der Waals surface area contributed by atoms with Crippen LogP contribution in [0.1, 0.15) is 40.0 Å². The molecule has 0 aromatic rings. The second-order valence-corrected chi connectivity index (χ2v) is 6.05. The van der Waals surface area contributed by atoms with Gasteiger partial charge in [0.15, 0.2) is 0 Å². The maximum Gasteiger partial charge on any atom is 0.237 e. The van der Waals surface area contributed by atoms with Crippen molar-refractivity contribution in [3.05, 3.63) is 0 Å². The highest BCUT2D eigenvalue weighted by Crippen LogP contribution is 2.16. The molecule has 1 heterocycles. The number of nitrogens with zero attached hydrogens (tertiary/aromatic N) is 1. The van der Waals surface area contributed by atoms with Gasteiger partial charge in [-0.15, -0.1) is 0 Å². The minimum Gasteiger partial charge on any atom is -0.380 e. The maximum atomic E-state index is 11.6. The number of nitrogens with two attached hydrogens (primary N) is 1. The molecule has 1 fully saturated rings. The zero-order valence-electron chi connectivity index (χ0n) is 12.7. The molecule has 0 radical (unpaired) electrons. The van der Waals surface area contributed by atoms with E-state index < -0.39 is 5.54 Å². The van der Waals surface area contributed by atoms with Crippen molar-refractivity contribution in [3.8, 4) is 0 Å². The first-order chi connectivity index (χ1) is 8.87. The van der Waals surface area contributed by atoms with Crippen molar-refractivity contribution in [2.45, 2.75) is 57.7 Å². The number of rotatable bonds is 8. The Morgan fingerprint density at radius 3 is 2.74 bits per heavy atom.